The Morgan fingerprint density at radius 2 is 2.36 bits per heavy atom. The van der Waals surface area contributed by atoms with Crippen LogP contribution >= 0.6 is 0 Å². The van der Waals surface area contributed by atoms with E-state index in [0.717, 1.165) is 10.9 Å². The van der Waals surface area contributed by atoms with Crippen molar-refractivity contribution in [1.82, 2.24) is 4.98 Å². The van der Waals surface area contributed by atoms with E-state index in [4.69, 9.17) is 10.3 Å². The highest BCUT2D eigenvalue weighted by Crippen LogP contribution is 2.30. The lowest BCUT2D eigenvalue weighted by Gasteiger charge is -2.01. The molecule has 1 aromatic heterocycles. The molecule has 1 aromatic carbocycles. The lowest BCUT2D eigenvalue weighted by Crippen LogP contribution is -1.81. The molecule has 14 heavy (non-hydrogen) atoms. The largest absolute Gasteiger partial charge is 0.497 e. The summed E-state index contributed by atoms with van der Waals surface area (Å²) in [7, 11) is 1.57. The van der Waals surface area contributed by atoms with E-state index in [1.54, 1.807) is 19.4 Å². The molecule has 0 spiro atoms. The Hall–Kier alpha value is -2.13. The molecule has 0 radical (unpaired) electrons. The molecule has 0 aliphatic heterocycles. The van der Waals surface area contributed by atoms with Crippen LogP contribution in [0.15, 0.2) is 29.5 Å². The first-order valence-corrected chi connectivity index (χ1v) is 4.05. The molecule has 0 fully saturated rings. The van der Waals surface area contributed by atoms with Gasteiger partial charge >= 0.3 is 0 Å². The Bertz CT molecular complexity index is 511. The zero-order valence-corrected chi connectivity index (χ0v) is 7.56. The molecule has 0 saturated carbocycles. The molecule has 0 aliphatic carbocycles. The standard InChI is InChI=1S/C9H8N4O/c1-14-6-4-8-7(2-3-11-8)9(5-6)12-13-10/h2-5,11H,1H3. The second kappa shape index (κ2) is 3.32. The van der Waals surface area contributed by atoms with Gasteiger partial charge in [0.15, 0.2) is 0 Å². The number of aromatic amines is 1. The molecule has 5 nitrogen and oxygen atoms in total. The van der Waals surface area contributed by atoms with Crippen molar-refractivity contribution in [3.05, 3.63) is 34.8 Å². The molecular weight excluding hydrogens is 180 g/mol. The van der Waals surface area contributed by atoms with Gasteiger partial charge in [-0.1, -0.05) is 5.11 Å². The van der Waals surface area contributed by atoms with Crippen molar-refractivity contribution in [3.8, 4) is 5.75 Å². The first-order chi connectivity index (χ1) is 6.85. The van der Waals surface area contributed by atoms with Gasteiger partial charge in [-0.3, -0.25) is 0 Å². The van der Waals surface area contributed by atoms with Crippen LogP contribution in [0.25, 0.3) is 21.3 Å². The van der Waals surface area contributed by atoms with Crippen molar-refractivity contribution in [2.75, 3.05) is 7.11 Å². The fourth-order valence-electron chi connectivity index (χ4n) is 1.37. The Balaban J connectivity index is 2.76. The van der Waals surface area contributed by atoms with Gasteiger partial charge in [0.1, 0.15) is 5.75 Å². The highest BCUT2D eigenvalue weighted by molar-refractivity contribution is 5.91. The minimum atomic E-state index is 0.572. The SMILES string of the molecule is COc1cc(N=[N+]=[N-])c2cc[nH]c2c1. The molecule has 1 N–H and O–H groups in total. The maximum atomic E-state index is 8.39. The van der Waals surface area contributed by atoms with Crippen molar-refractivity contribution in [2.45, 2.75) is 0 Å². The molecular formula is C9H8N4O. The second-order valence-corrected chi connectivity index (χ2v) is 2.77. The summed E-state index contributed by atoms with van der Waals surface area (Å²) in [6, 6.07) is 5.42. The van der Waals surface area contributed by atoms with Crippen molar-refractivity contribution < 1.29 is 4.74 Å². The molecule has 70 valence electrons. The summed E-state index contributed by atoms with van der Waals surface area (Å²) in [6.45, 7) is 0. The normalized spacial score (nSPS) is 9.79. The number of fused-ring (bicyclic) bond motifs is 1. The van der Waals surface area contributed by atoms with E-state index in [1.807, 2.05) is 12.1 Å². The third-order valence-corrected chi connectivity index (χ3v) is 2.01. The van der Waals surface area contributed by atoms with Gasteiger partial charge in [0.05, 0.1) is 12.8 Å². The minimum Gasteiger partial charge on any atom is -0.497 e. The molecule has 2 aromatic rings. The van der Waals surface area contributed by atoms with Gasteiger partial charge in [-0.05, 0) is 17.7 Å². The number of methoxy groups -OCH3 is 1. The number of benzene rings is 1. The van der Waals surface area contributed by atoms with Crippen molar-refractivity contribution in [1.29, 1.82) is 0 Å². The number of nitrogens with zero attached hydrogens (tertiary/aromatic N) is 3. The summed E-state index contributed by atoms with van der Waals surface area (Å²) in [5.74, 6) is 0.669. The summed E-state index contributed by atoms with van der Waals surface area (Å²) in [5.41, 5.74) is 9.86. The fraction of sp³-hybridized carbons (Fsp3) is 0.111. The Morgan fingerprint density at radius 1 is 1.50 bits per heavy atom. The maximum absolute atomic E-state index is 8.39. The number of aromatic nitrogens is 1. The molecule has 0 aliphatic rings. The first kappa shape index (κ1) is 8.47. The predicted octanol–water partition coefficient (Wildman–Crippen LogP) is 3.12. The van der Waals surface area contributed by atoms with Crippen LogP contribution in [0.2, 0.25) is 0 Å². The van der Waals surface area contributed by atoms with Gasteiger partial charge in [-0.15, -0.1) is 0 Å². The Morgan fingerprint density at radius 3 is 3.07 bits per heavy atom. The average molecular weight is 188 g/mol. The fourth-order valence-corrected chi connectivity index (χ4v) is 1.37. The van der Waals surface area contributed by atoms with Crippen molar-refractivity contribution >= 4 is 16.6 Å². The van der Waals surface area contributed by atoms with Gasteiger partial charge in [0, 0.05) is 28.1 Å². The van der Waals surface area contributed by atoms with Crippen LogP contribution in [0.1, 0.15) is 0 Å². The van der Waals surface area contributed by atoms with Gasteiger partial charge in [-0.25, -0.2) is 0 Å². The van der Waals surface area contributed by atoms with Crippen LogP contribution in [0.4, 0.5) is 5.69 Å². The number of ether oxygens (including phenoxy) is 1. The van der Waals surface area contributed by atoms with Crippen molar-refractivity contribution in [2.24, 2.45) is 5.11 Å². The van der Waals surface area contributed by atoms with Gasteiger partial charge in [-0.2, -0.15) is 0 Å². The predicted molar refractivity (Wildman–Crippen MR) is 53.7 cm³/mol. The number of hydrogen-bond donors (Lipinski definition) is 1. The number of H-pyrrole nitrogens is 1. The summed E-state index contributed by atoms with van der Waals surface area (Å²) >= 11 is 0. The molecule has 0 saturated heterocycles. The van der Waals surface area contributed by atoms with Gasteiger partial charge < -0.3 is 9.72 Å². The molecule has 5 heteroatoms. The van der Waals surface area contributed by atoms with E-state index < -0.39 is 0 Å². The summed E-state index contributed by atoms with van der Waals surface area (Å²) in [5, 5.41) is 4.49. The monoisotopic (exact) mass is 188 g/mol. The van der Waals surface area contributed by atoms with Crippen LogP contribution in [0.3, 0.4) is 0 Å². The minimum absolute atomic E-state index is 0.572. The van der Waals surface area contributed by atoms with Crippen LogP contribution < -0.4 is 4.74 Å². The lowest BCUT2D eigenvalue weighted by molar-refractivity contribution is 0.415. The van der Waals surface area contributed by atoms with Crippen LogP contribution in [0.5, 0.6) is 5.75 Å². The zero-order chi connectivity index (χ0) is 9.97. The van der Waals surface area contributed by atoms with Crippen molar-refractivity contribution in [3.63, 3.8) is 0 Å². The van der Waals surface area contributed by atoms with E-state index >= 15 is 0 Å². The summed E-state index contributed by atoms with van der Waals surface area (Å²) < 4.78 is 5.08. The topological polar surface area (TPSA) is 73.8 Å². The van der Waals surface area contributed by atoms with E-state index in [1.165, 1.54) is 0 Å². The number of hydrogen-bond acceptors (Lipinski definition) is 2. The summed E-state index contributed by atoms with van der Waals surface area (Å²) in [4.78, 5) is 5.80. The summed E-state index contributed by atoms with van der Waals surface area (Å²) in [6.07, 6.45) is 1.79. The average Bonchev–Trinajstić information content (AvgIpc) is 2.66. The zero-order valence-electron chi connectivity index (χ0n) is 7.56. The highest BCUT2D eigenvalue weighted by Gasteiger charge is 2.03. The lowest BCUT2D eigenvalue weighted by atomic mass is 10.2. The van der Waals surface area contributed by atoms with Crippen LogP contribution in [-0.2, 0) is 0 Å². The van der Waals surface area contributed by atoms with E-state index in [0.29, 0.717) is 11.4 Å². The molecule has 0 bridgehead atoms. The smallest absolute Gasteiger partial charge is 0.121 e. The van der Waals surface area contributed by atoms with Gasteiger partial charge in [0.25, 0.3) is 0 Å². The molecule has 0 unspecified atom stereocenters. The van der Waals surface area contributed by atoms with Crippen LogP contribution in [0, 0.1) is 0 Å². The molecule has 0 atom stereocenters. The van der Waals surface area contributed by atoms with E-state index in [2.05, 4.69) is 15.0 Å². The maximum Gasteiger partial charge on any atom is 0.121 e. The number of azide groups is 1. The molecule has 0 amide bonds. The molecule has 1 heterocycles. The van der Waals surface area contributed by atoms with E-state index in [9.17, 15) is 0 Å². The quantitative estimate of drug-likeness (QED) is 0.438. The number of nitrogens with one attached hydrogen (secondary N) is 1. The third-order valence-electron chi connectivity index (χ3n) is 2.01. The Kier molecular flexibility index (Phi) is 2.01. The van der Waals surface area contributed by atoms with Crippen LogP contribution in [-0.4, -0.2) is 12.1 Å². The highest BCUT2D eigenvalue weighted by atomic mass is 16.5. The first-order valence-electron chi connectivity index (χ1n) is 4.05. The molecule has 2 rings (SSSR count). The third kappa shape index (κ3) is 1.26. The second-order valence-electron chi connectivity index (χ2n) is 2.77. The van der Waals surface area contributed by atoms with Gasteiger partial charge in [0.2, 0.25) is 0 Å². The Labute approximate surface area is 79.9 Å². The number of rotatable bonds is 2. The van der Waals surface area contributed by atoms with E-state index in [-0.39, 0.29) is 0 Å².